The molecule has 2 N–H and O–H groups in total. The fourth-order valence-electron chi connectivity index (χ4n) is 5.85. The van der Waals surface area contributed by atoms with Gasteiger partial charge < -0.3 is 24.6 Å². The number of aromatic nitrogens is 2. The number of pyridine rings is 1. The Bertz CT molecular complexity index is 1340. The maximum atomic E-state index is 14.1. The highest BCUT2D eigenvalue weighted by atomic mass is 35.5. The van der Waals surface area contributed by atoms with E-state index in [0.717, 1.165) is 40.8 Å². The largest absolute Gasteiger partial charge is 0.396 e. The van der Waals surface area contributed by atoms with Gasteiger partial charge in [-0.2, -0.15) is 0 Å². The highest BCUT2D eigenvalue weighted by Gasteiger charge is 2.53. The van der Waals surface area contributed by atoms with Crippen LogP contribution in [0.15, 0.2) is 42.7 Å². The lowest BCUT2D eigenvalue weighted by Gasteiger charge is -2.40. The summed E-state index contributed by atoms with van der Waals surface area (Å²) in [5, 5.41) is 21.2. The number of halogens is 1. The van der Waals surface area contributed by atoms with Crippen molar-refractivity contribution in [2.24, 2.45) is 0 Å². The summed E-state index contributed by atoms with van der Waals surface area (Å²) in [6.45, 7) is 5.05. The van der Waals surface area contributed by atoms with E-state index in [4.69, 9.17) is 11.6 Å². The van der Waals surface area contributed by atoms with Gasteiger partial charge in [-0.3, -0.25) is 14.6 Å². The fraction of sp³-hybridized carbons (Fsp3) is 0.464. The van der Waals surface area contributed by atoms with Crippen LogP contribution in [0.2, 0.25) is 5.02 Å². The standard InChI is InChI=1S/C28H33ClN4O4/c1-27(2,37)25(35)31-12-8-28(9-13-31)22-7-10-30-17-24(22)33(26(28)36)18-21-16-19-15-20(29)5-6-23(19)32(21)11-3-4-14-34/h5-7,10,15-17,34,37H,3-4,8-9,11-14,18H2,1-2H3. The second kappa shape index (κ2) is 9.74. The minimum atomic E-state index is -1.44. The lowest BCUT2D eigenvalue weighted by molar-refractivity contribution is -0.150. The summed E-state index contributed by atoms with van der Waals surface area (Å²) < 4.78 is 2.21. The topological polar surface area (TPSA) is 98.9 Å². The van der Waals surface area contributed by atoms with Gasteiger partial charge in [0.2, 0.25) is 5.91 Å². The number of hydrogen-bond donors (Lipinski definition) is 2. The van der Waals surface area contributed by atoms with E-state index in [0.29, 0.717) is 43.9 Å². The number of aliphatic hydroxyl groups excluding tert-OH is 1. The Morgan fingerprint density at radius 3 is 2.62 bits per heavy atom. The van der Waals surface area contributed by atoms with Crippen LogP contribution >= 0.6 is 11.6 Å². The van der Waals surface area contributed by atoms with Crippen molar-refractivity contribution in [3.8, 4) is 0 Å². The molecule has 1 aromatic carbocycles. The highest BCUT2D eigenvalue weighted by Crippen LogP contribution is 2.48. The predicted molar refractivity (Wildman–Crippen MR) is 142 cm³/mol. The summed E-state index contributed by atoms with van der Waals surface area (Å²) in [6.07, 6.45) is 5.99. The Kier molecular flexibility index (Phi) is 6.77. The number of likely N-dealkylation sites (tertiary alicyclic amines) is 1. The number of amides is 2. The molecule has 0 aliphatic carbocycles. The molecule has 0 bridgehead atoms. The summed E-state index contributed by atoms with van der Waals surface area (Å²) in [4.78, 5) is 34.6. The number of benzene rings is 1. The van der Waals surface area contributed by atoms with Gasteiger partial charge in [0, 0.05) is 54.1 Å². The monoisotopic (exact) mass is 524 g/mol. The van der Waals surface area contributed by atoms with Crippen molar-refractivity contribution in [1.29, 1.82) is 0 Å². The van der Waals surface area contributed by atoms with E-state index in [9.17, 15) is 19.8 Å². The van der Waals surface area contributed by atoms with Gasteiger partial charge in [0.25, 0.3) is 5.91 Å². The van der Waals surface area contributed by atoms with Gasteiger partial charge in [-0.1, -0.05) is 11.6 Å². The van der Waals surface area contributed by atoms with Gasteiger partial charge in [0.05, 0.1) is 23.8 Å². The lowest BCUT2D eigenvalue weighted by Crippen LogP contribution is -2.53. The van der Waals surface area contributed by atoms with E-state index >= 15 is 0 Å². The average Bonchev–Trinajstić information content (AvgIpc) is 3.32. The summed E-state index contributed by atoms with van der Waals surface area (Å²) in [7, 11) is 0. The van der Waals surface area contributed by atoms with Crippen molar-refractivity contribution in [2.75, 3.05) is 24.6 Å². The Morgan fingerprint density at radius 1 is 1.16 bits per heavy atom. The summed E-state index contributed by atoms with van der Waals surface area (Å²) in [6, 6.07) is 9.81. The van der Waals surface area contributed by atoms with Gasteiger partial charge in [-0.15, -0.1) is 0 Å². The summed E-state index contributed by atoms with van der Waals surface area (Å²) >= 11 is 6.27. The highest BCUT2D eigenvalue weighted by molar-refractivity contribution is 6.31. The molecular weight excluding hydrogens is 492 g/mol. The van der Waals surface area contributed by atoms with Gasteiger partial charge >= 0.3 is 0 Å². The third kappa shape index (κ3) is 4.51. The number of fused-ring (bicyclic) bond motifs is 3. The number of aryl methyl sites for hydroxylation is 1. The van der Waals surface area contributed by atoms with Crippen LogP contribution < -0.4 is 4.90 Å². The molecule has 8 nitrogen and oxygen atoms in total. The van der Waals surface area contributed by atoms with Crippen molar-refractivity contribution >= 4 is 40.0 Å². The van der Waals surface area contributed by atoms with Crippen LogP contribution in [0.4, 0.5) is 5.69 Å². The van der Waals surface area contributed by atoms with Crippen molar-refractivity contribution in [3.05, 3.63) is 59.0 Å². The number of anilines is 1. The maximum Gasteiger partial charge on any atom is 0.253 e. The zero-order valence-corrected chi connectivity index (χ0v) is 22.0. The molecule has 5 rings (SSSR count). The first-order valence-corrected chi connectivity index (χ1v) is 13.2. The molecule has 1 saturated heterocycles. The third-order valence-corrected chi connectivity index (χ3v) is 7.98. The number of rotatable bonds is 7. The number of nitrogens with zero attached hydrogens (tertiary/aromatic N) is 4. The van der Waals surface area contributed by atoms with Crippen LogP contribution in [-0.2, 0) is 28.1 Å². The minimum Gasteiger partial charge on any atom is -0.396 e. The maximum absolute atomic E-state index is 14.1. The quantitative estimate of drug-likeness (QED) is 0.460. The van der Waals surface area contributed by atoms with Crippen molar-refractivity contribution in [1.82, 2.24) is 14.5 Å². The summed E-state index contributed by atoms with van der Waals surface area (Å²) in [5.41, 5.74) is 1.64. The second-order valence-corrected chi connectivity index (χ2v) is 11.1. The molecule has 2 aliphatic rings. The number of piperidine rings is 1. The average molecular weight is 525 g/mol. The molecule has 4 heterocycles. The van der Waals surface area contributed by atoms with Crippen molar-refractivity contribution < 1.29 is 19.8 Å². The molecule has 2 aromatic heterocycles. The van der Waals surface area contributed by atoms with E-state index in [1.165, 1.54) is 13.8 Å². The number of hydrogen-bond acceptors (Lipinski definition) is 5. The van der Waals surface area contributed by atoms with Crippen LogP contribution in [0.5, 0.6) is 0 Å². The lowest BCUT2D eigenvalue weighted by atomic mass is 9.73. The normalized spacial score (nSPS) is 17.2. The van der Waals surface area contributed by atoms with Crippen LogP contribution in [0, 0.1) is 0 Å². The fourth-order valence-corrected chi connectivity index (χ4v) is 6.03. The van der Waals surface area contributed by atoms with Crippen LogP contribution in [0.25, 0.3) is 10.9 Å². The molecule has 0 unspecified atom stereocenters. The molecule has 2 aliphatic heterocycles. The number of carbonyl (C=O) groups is 2. The third-order valence-electron chi connectivity index (χ3n) is 7.75. The minimum absolute atomic E-state index is 0.0241. The van der Waals surface area contributed by atoms with Gasteiger partial charge in [0.1, 0.15) is 5.60 Å². The van der Waals surface area contributed by atoms with Crippen LogP contribution in [0.1, 0.15) is 50.8 Å². The smallest absolute Gasteiger partial charge is 0.253 e. The molecule has 1 fully saturated rings. The molecule has 196 valence electrons. The molecule has 0 atom stereocenters. The van der Waals surface area contributed by atoms with E-state index in [2.05, 4.69) is 15.6 Å². The first-order valence-electron chi connectivity index (χ1n) is 12.8. The molecule has 37 heavy (non-hydrogen) atoms. The number of aliphatic hydroxyl groups is 2. The number of unbranched alkanes of at least 4 members (excludes halogenated alkanes) is 1. The van der Waals surface area contributed by atoms with Gasteiger partial charge in [-0.25, -0.2) is 0 Å². The Morgan fingerprint density at radius 2 is 1.92 bits per heavy atom. The van der Waals surface area contributed by atoms with E-state index in [-0.39, 0.29) is 18.4 Å². The zero-order chi connectivity index (χ0) is 26.4. The molecule has 1 spiro atoms. The predicted octanol–water partition coefficient (Wildman–Crippen LogP) is 3.64. The SMILES string of the molecule is CC(C)(O)C(=O)N1CCC2(CC1)C(=O)N(Cc1cc3cc(Cl)ccc3n1CCCCO)c1cnccc12. The van der Waals surface area contributed by atoms with E-state index in [1.54, 1.807) is 17.3 Å². The zero-order valence-electron chi connectivity index (χ0n) is 21.3. The van der Waals surface area contributed by atoms with Gasteiger partial charge in [0.15, 0.2) is 0 Å². The Balaban J connectivity index is 1.47. The van der Waals surface area contributed by atoms with Gasteiger partial charge in [-0.05, 0) is 75.4 Å². The molecule has 2 amide bonds. The Labute approximate surface area is 221 Å². The molecular formula is C28H33ClN4O4. The first kappa shape index (κ1) is 25.7. The van der Waals surface area contributed by atoms with E-state index < -0.39 is 11.0 Å². The molecule has 0 radical (unpaired) electrons. The molecule has 3 aromatic rings. The van der Waals surface area contributed by atoms with Crippen molar-refractivity contribution in [2.45, 2.75) is 63.6 Å². The molecule has 0 saturated carbocycles. The van der Waals surface area contributed by atoms with E-state index in [1.807, 2.05) is 29.2 Å². The first-order chi connectivity index (χ1) is 17.7. The summed E-state index contributed by atoms with van der Waals surface area (Å²) in [5.74, 6) is -0.290. The number of carbonyl (C=O) groups excluding carboxylic acids is 2. The second-order valence-electron chi connectivity index (χ2n) is 10.6. The molecule has 9 heteroatoms. The Hall–Kier alpha value is -2.94. The van der Waals surface area contributed by atoms with Crippen LogP contribution in [0.3, 0.4) is 0 Å². The van der Waals surface area contributed by atoms with Crippen LogP contribution in [-0.4, -0.2) is 61.8 Å². The van der Waals surface area contributed by atoms with Crippen molar-refractivity contribution in [3.63, 3.8) is 0 Å².